The third-order valence-electron chi connectivity index (χ3n) is 1.47. The molecule has 0 rings (SSSR count). The molecular formula is C8H18O. The summed E-state index contributed by atoms with van der Waals surface area (Å²) in [6, 6.07) is 0. The first kappa shape index (κ1) is 8.96. The number of hydrogen-bond acceptors (Lipinski definition) is 1. The number of ether oxygens (including phenoxy) is 1. The second kappa shape index (κ2) is 6.09. The van der Waals surface area contributed by atoms with Crippen molar-refractivity contribution in [3.05, 3.63) is 0 Å². The molecule has 0 aromatic carbocycles. The molecular weight excluding hydrogens is 112 g/mol. The average molecular weight is 130 g/mol. The molecule has 0 N–H and O–H groups in total. The monoisotopic (exact) mass is 130 g/mol. The van der Waals surface area contributed by atoms with Crippen LogP contribution in [0.4, 0.5) is 0 Å². The van der Waals surface area contributed by atoms with Gasteiger partial charge in [-0.3, -0.25) is 0 Å². The maximum atomic E-state index is 5.49. The van der Waals surface area contributed by atoms with E-state index in [1.807, 2.05) is 0 Å². The Morgan fingerprint density at radius 2 is 1.67 bits per heavy atom. The first-order valence-electron chi connectivity index (χ1n) is 3.96. The van der Waals surface area contributed by atoms with Gasteiger partial charge >= 0.3 is 0 Å². The largest absolute Gasteiger partial charge is 0.378 e. The maximum absolute atomic E-state index is 5.49. The van der Waals surface area contributed by atoms with E-state index in [1.165, 1.54) is 0 Å². The highest BCUT2D eigenvalue weighted by Crippen LogP contribution is 2.02. The van der Waals surface area contributed by atoms with Gasteiger partial charge < -0.3 is 4.74 Å². The van der Waals surface area contributed by atoms with Gasteiger partial charge in [-0.2, -0.15) is 0 Å². The second-order valence-corrected chi connectivity index (χ2v) is 2.31. The zero-order valence-corrected chi connectivity index (χ0v) is 6.81. The van der Waals surface area contributed by atoms with Crippen LogP contribution in [-0.4, -0.2) is 12.7 Å². The van der Waals surface area contributed by atoms with Crippen molar-refractivity contribution in [2.24, 2.45) is 0 Å². The molecule has 0 saturated carbocycles. The third kappa shape index (κ3) is 4.46. The van der Waals surface area contributed by atoms with E-state index in [4.69, 9.17) is 4.74 Å². The van der Waals surface area contributed by atoms with Crippen molar-refractivity contribution in [2.75, 3.05) is 6.61 Å². The molecule has 0 heterocycles. The Labute approximate surface area is 58.4 Å². The standard InChI is InChI=1S/C8H18O/c1-4-7-9-8(5-2)6-3/h8H,4-7H2,1-3H3. The molecule has 0 aromatic rings. The molecule has 0 saturated heterocycles. The lowest BCUT2D eigenvalue weighted by Crippen LogP contribution is -2.10. The molecule has 1 heteroatoms. The Bertz CT molecular complexity index is 48.5. The Hall–Kier alpha value is -0.0400. The summed E-state index contributed by atoms with van der Waals surface area (Å²) < 4.78 is 5.49. The van der Waals surface area contributed by atoms with Gasteiger partial charge in [0.15, 0.2) is 0 Å². The highest BCUT2D eigenvalue weighted by Gasteiger charge is 1.99. The Kier molecular flexibility index (Phi) is 6.06. The van der Waals surface area contributed by atoms with Gasteiger partial charge in [0.2, 0.25) is 0 Å². The van der Waals surface area contributed by atoms with E-state index < -0.39 is 0 Å². The predicted octanol–water partition coefficient (Wildman–Crippen LogP) is 2.60. The van der Waals surface area contributed by atoms with Crippen molar-refractivity contribution < 1.29 is 4.74 Å². The van der Waals surface area contributed by atoms with Gasteiger partial charge in [-0.15, -0.1) is 0 Å². The molecule has 0 fully saturated rings. The van der Waals surface area contributed by atoms with E-state index >= 15 is 0 Å². The summed E-state index contributed by atoms with van der Waals surface area (Å²) >= 11 is 0. The maximum Gasteiger partial charge on any atom is 0.0569 e. The molecule has 0 unspecified atom stereocenters. The Balaban J connectivity index is 3.09. The molecule has 0 aliphatic carbocycles. The number of rotatable bonds is 5. The van der Waals surface area contributed by atoms with Crippen molar-refractivity contribution in [3.63, 3.8) is 0 Å². The smallest absolute Gasteiger partial charge is 0.0569 e. The van der Waals surface area contributed by atoms with Gasteiger partial charge in [0.05, 0.1) is 6.10 Å². The van der Waals surface area contributed by atoms with Crippen LogP contribution in [0, 0.1) is 0 Å². The summed E-state index contributed by atoms with van der Waals surface area (Å²) in [6.07, 6.45) is 3.94. The lowest BCUT2D eigenvalue weighted by molar-refractivity contribution is 0.0487. The molecule has 56 valence electrons. The van der Waals surface area contributed by atoms with E-state index in [9.17, 15) is 0 Å². The van der Waals surface area contributed by atoms with Gasteiger partial charge in [-0.1, -0.05) is 20.8 Å². The zero-order chi connectivity index (χ0) is 7.11. The van der Waals surface area contributed by atoms with E-state index in [0.29, 0.717) is 6.10 Å². The third-order valence-corrected chi connectivity index (χ3v) is 1.47. The molecule has 0 bridgehead atoms. The van der Waals surface area contributed by atoms with Crippen LogP contribution in [0.5, 0.6) is 0 Å². The second-order valence-electron chi connectivity index (χ2n) is 2.31. The van der Waals surface area contributed by atoms with Gasteiger partial charge in [0.1, 0.15) is 0 Å². The van der Waals surface area contributed by atoms with Crippen molar-refractivity contribution in [1.29, 1.82) is 0 Å². The highest BCUT2D eigenvalue weighted by molar-refractivity contribution is 4.49. The van der Waals surface area contributed by atoms with Crippen LogP contribution >= 0.6 is 0 Å². The van der Waals surface area contributed by atoms with Crippen molar-refractivity contribution in [2.45, 2.75) is 46.1 Å². The fraction of sp³-hybridized carbons (Fsp3) is 1.00. The molecule has 0 aliphatic heterocycles. The molecule has 0 amide bonds. The summed E-state index contributed by atoms with van der Waals surface area (Å²) in [5, 5.41) is 0. The summed E-state index contributed by atoms with van der Waals surface area (Å²) in [7, 11) is 0. The average Bonchev–Trinajstić information content (AvgIpc) is 1.91. The Morgan fingerprint density at radius 3 is 2.00 bits per heavy atom. The van der Waals surface area contributed by atoms with Crippen LogP contribution in [0.25, 0.3) is 0 Å². The minimum Gasteiger partial charge on any atom is -0.378 e. The van der Waals surface area contributed by atoms with Crippen LogP contribution in [0.15, 0.2) is 0 Å². The van der Waals surface area contributed by atoms with Gasteiger partial charge in [-0.05, 0) is 19.3 Å². The van der Waals surface area contributed by atoms with Crippen LogP contribution in [0.2, 0.25) is 0 Å². The molecule has 9 heavy (non-hydrogen) atoms. The van der Waals surface area contributed by atoms with Crippen LogP contribution in [-0.2, 0) is 4.74 Å². The van der Waals surface area contributed by atoms with E-state index in [1.54, 1.807) is 0 Å². The molecule has 0 atom stereocenters. The van der Waals surface area contributed by atoms with Crippen LogP contribution in [0.3, 0.4) is 0 Å². The van der Waals surface area contributed by atoms with Gasteiger partial charge in [0.25, 0.3) is 0 Å². The van der Waals surface area contributed by atoms with Crippen molar-refractivity contribution in [1.82, 2.24) is 0 Å². The molecule has 1 nitrogen and oxygen atoms in total. The first-order valence-corrected chi connectivity index (χ1v) is 3.96. The van der Waals surface area contributed by atoms with Crippen molar-refractivity contribution in [3.8, 4) is 0 Å². The zero-order valence-electron chi connectivity index (χ0n) is 6.81. The molecule has 0 radical (unpaired) electrons. The van der Waals surface area contributed by atoms with E-state index in [0.717, 1.165) is 25.9 Å². The molecule has 0 aromatic heterocycles. The van der Waals surface area contributed by atoms with Gasteiger partial charge in [-0.25, -0.2) is 0 Å². The topological polar surface area (TPSA) is 9.23 Å². The fourth-order valence-corrected chi connectivity index (χ4v) is 0.809. The normalized spacial score (nSPS) is 10.7. The molecule has 0 spiro atoms. The van der Waals surface area contributed by atoms with E-state index in [2.05, 4.69) is 20.8 Å². The minimum absolute atomic E-state index is 0.505. The van der Waals surface area contributed by atoms with Crippen LogP contribution < -0.4 is 0 Å². The quantitative estimate of drug-likeness (QED) is 0.556. The van der Waals surface area contributed by atoms with Gasteiger partial charge in [0, 0.05) is 6.61 Å². The number of hydrogen-bond donors (Lipinski definition) is 0. The minimum atomic E-state index is 0.505. The predicted molar refractivity (Wildman–Crippen MR) is 40.6 cm³/mol. The lowest BCUT2D eigenvalue weighted by atomic mass is 10.2. The summed E-state index contributed by atoms with van der Waals surface area (Å²) in [5.74, 6) is 0. The first-order chi connectivity index (χ1) is 4.35. The fourth-order valence-electron chi connectivity index (χ4n) is 0.809. The summed E-state index contributed by atoms with van der Waals surface area (Å²) in [4.78, 5) is 0. The van der Waals surface area contributed by atoms with E-state index in [-0.39, 0.29) is 0 Å². The molecule has 0 aliphatic rings. The summed E-state index contributed by atoms with van der Waals surface area (Å²) in [6.45, 7) is 7.41. The van der Waals surface area contributed by atoms with Crippen molar-refractivity contribution >= 4 is 0 Å². The summed E-state index contributed by atoms with van der Waals surface area (Å²) in [5.41, 5.74) is 0. The lowest BCUT2D eigenvalue weighted by Gasteiger charge is -2.11. The Morgan fingerprint density at radius 1 is 1.11 bits per heavy atom. The SMILES string of the molecule is CCCOC(CC)CC. The highest BCUT2D eigenvalue weighted by atomic mass is 16.5. The van der Waals surface area contributed by atoms with Crippen LogP contribution in [0.1, 0.15) is 40.0 Å².